The minimum Gasteiger partial charge on any atom is -0.349 e. The van der Waals surface area contributed by atoms with Crippen LogP contribution in [0.5, 0.6) is 0 Å². The van der Waals surface area contributed by atoms with Crippen molar-refractivity contribution in [3.8, 4) is 0 Å². The molecule has 1 unspecified atom stereocenters. The van der Waals surface area contributed by atoms with Crippen LogP contribution in [0.25, 0.3) is 0 Å². The number of benzene rings is 1. The predicted molar refractivity (Wildman–Crippen MR) is 120 cm³/mol. The Bertz CT molecular complexity index is 851. The first-order chi connectivity index (χ1) is 14.2. The maximum Gasteiger partial charge on any atom is 0.251 e. The molecular weight excluding hydrogens is 422 g/mol. The molecule has 0 aromatic heterocycles. The first kappa shape index (κ1) is 23.5. The molecule has 6 nitrogen and oxygen atoms in total. The summed E-state index contributed by atoms with van der Waals surface area (Å²) < 4.78 is 27.8. The normalized spacial score (nSPS) is 22.4. The molecule has 168 valence electrons. The van der Waals surface area contributed by atoms with Gasteiger partial charge in [0, 0.05) is 44.3 Å². The minimum atomic E-state index is -3.72. The van der Waals surface area contributed by atoms with E-state index in [2.05, 4.69) is 31.0 Å². The van der Waals surface area contributed by atoms with Crippen molar-refractivity contribution in [2.75, 3.05) is 32.7 Å². The Morgan fingerprint density at radius 2 is 1.90 bits per heavy atom. The van der Waals surface area contributed by atoms with Crippen molar-refractivity contribution in [2.45, 2.75) is 57.4 Å². The fraction of sp³-hybridized carbons (Fsp3) is 0.682. The quantitative estimate of drug-likeness (QED) is 0.711. The lowest BCUT2D eigenvalue weighted by atomic mass is 10.0. The summed E-state index contributed by atoms with van der Waals surface area (Å²) in [6, 6.07) is 4.66. The number of carbonyl (C=O) groups is 1. The third-order valence-electron chi connectivity index (χ3n) is 5.98. The zero-order valence-corrected chi connectivity index (χ0v) is 19.8. The molecule has 2 aliphatic heterocycles. The van der Waals surface area contributed by atoms with Crippen molar-refractivity contribution < 1.29 is 13.2 Å². The van der Waals surface area contributed by atoms with E-state index in [1.807, 2.05) is 0 Å². The molecule has 1 aromatic carbocycles. The van der Waals surface area contributed by atoms with Gasteiger partial charge in [-0.2, -0.15) is 4.31 Å². The molecule has 0 spiro atoms. The van der Waals surface area contributed by atoms with E-state index in [9.17, 15) is 13.2 Å². The van der Waals surface area contributed by atoms with Crippen LogP contribution in [0.15, 0.2) is 23.1 Å². The average Bonchev–Trinajstić information content (AvgIpc) is 2.69. The molecule has 2 aliphatic rings. The number of hydrogen-bond donors (Lipinski definition) is 1. The van der Waals surface area contributed by atoms with Crippen LogP contribution in [-0.2, 0) is 10.0 Å². The van der Waals surface area contributed by atoms with Gasteiger partial charge >= 0.3 is 0 Å². The number of rotatable bonds is 6. The molecule has 30 heavy (non-hydrogen) atoms. The number of likely N-dealkylation sites (tertiary alicyclic amines) is 1. The molecule has 1 amide bonds. The second-order valence-electron chi connectivity index (χ2n) is 9.20. The highest BCUT2D eigenvalue weighted by molar-refractivity contribution is 7.89. The highest BCUT2D eigenvalue weighted by atomic mass is 35.5. The van der Waals surface area contributed by atoms with E-state index < -0.39 is 10.0 Å². The lowest BCUT2D eigenvalue weighted by Crippen LogP contribution is -2.45. The average molecular weight is 456 g/mol. The molecule has 0 saturated carbocycles. The molecular formula is C22H34ClN3O3S. The van der Waals surface area contributed by atoms with Crippen molar-refractivity contribution in [3.05, 3.63) is 28.8 Å². The van der Waals surface area contributed by atoms with Crippen molar-refractivity contribution in [1.82, 2.24) is 14.5 Å². The van der Waals surface area contributed by atoms with E-state index in [1.165, 1.54) is 16.4 Å². The smallest absolute Gasteiger partial charge is 0.251 e. The Labute approximate surface area is 186 Å². The van der Waals surface area contributed by atoms with E-state index >= 15 is 0 Å². The molecule has 3 rings (SSSR count). The Morgan fingerprint density at radius 3 is 2.53 bits per heavy atom. The van der Waals surface area contributed by atoms with Gasteiger partial charge in [0.1, 0.15) is 4.90 Å². The first-order valence-corrected chi connectivity index (χ1v) is 12.8. The Hall–Kier alpha value is -1.15. The third kappa shape index (κ3) is 5.75. The fourth-order valence-electron chi connectivity index (χ4n) is 4.39. The summed E-state index contributed by atoms with van der Waals surface area (Å²) in [4.78, 5) is 15.3. The van der Waals surface area contributed by atoms with Crippen LogP contribution in [0.1, 0.15) is 56.8 Å². The van der Waals surface area contributed by atoms with Gasteiger partial charge in [-0.15, -0.1) is 0 Å². The van der Waals surface area contributed by atoms with Gasteiger partial charge in [-0.1, -0.05) is 32.4 Å². The van der Waals surface area contributed by atoms with E-state index in [1.54, 1.807) is 6.07 Å². The van der Waals surface area contributed by atoms with E-state index in [-0.39, 0.29) is 21.9 Å². The van der Waals surface area contributed by atoms with Crippen molar-refractivity contribution in [1.29, 1.82) is 0 Å². The first-order valence-electron chi connectivity index (χ1n) is 11.0. The Kier molecular flexibility index (Phi) is 7.82. The SMILES string of the molecule is CC(C)CN1CCC(NC(=O)c2ccc(Cl)c(S(=O)(=O)N3CCCC(C)C3)c2)CC1. The summed E-state index contributed by atoms with van der Waals surface area (Å²) in [5.41, 5.74) is 0.340. The molecule has 2 heterocycles. The van der Waals surface area contributed by atoms with Gasteiger partial charge in [-0.25, -0.2) is 8.42 Å². The van der Waals surface area contributed by atoms with Crippen LogP contribution in [0, 0.1) is 11.8 Å². The molecule has 1 aromatic rings. The van der Waals surface area contributed by atoms with Gasteiger partial charge < -0.3 is 10.2 Å². The molecule has 2 fully saturated rings. The van der Waals surface area contributed by atoms with Crippen LogP contribution in [0.2, 0.25) is 5.02 Å². The van der Waals surface area contributed by atoms with Crippen LogP contribution in [-0.4, -0.2) is 62.3 Å². The zero-order chi connectivity index (χ0) is 21.9. The van der Waals surface area contributed by atoms with Gasteiger partial charge in [0.15, 0.2) is 0 Å². The van der Waals surface area contributed by atoms with Crippen molar-refractivity contribution in [3.63, 3.8) is 0 Å². The van der Waals surface area contributed by atoms with Gasteiger partial charge in [-0.3, -0.25) is 4.79 Å². The number of halogens is 1. The topological polar surface area (TPSA) is 69.7 Å². The summed E-state index contributed by atoms with van der Waals surface area (Å²) in [7, 11) is -3.72. The number of nitrogens with zero attached hydrogens (tertiary/aromatic N) is 2. The van der Waals surface area contributed by atoms with E-state index in [0.29, 0.717) is 30.5 Å². The third-order valence-corrected chi connectivity index (χ3v) is 8.32. The van der Waals surface area contributed by atoms with Crippen LogP contribution in [0.4, 0.5) is 0 Å². The monoisotopic (exact) mass is 455 g/mol. The molecule has 0 bridgehead atoms. The maximum absolute atomic E-state index is 13.1. The number of piperidine rings is 2. The zero-order valence-electron chi connectivity index (χ0n) is 18.2. The highest BCUT2D eigenvalue weighted by Crippen LogP contribution is 2.29. The molecule has 1 N–H and O–H groups in total. The Morgan fingerprint density at radius 1 is 1.20 bits per heavy atom. The van der Waals surface area contributed by atoms with Crippen LogP contribution >= 0.6 is 11.6 Å². The molecule has 8 heteroatoms. The molecule has 0 aliphatic carbocycles. The summed E-state index contributed by atoms with van der Waals surface area (Å²) in [6.45, 7) is 10.5. The summed E-state index contributed by atoms with van der Waals surface area (Å²) in [5.74, 6) is 0.714. The number of hydrogen-bond acceptors (Lipinski definition) is 4. The number of nitrogens with one attached hydrogen (secondary N) is 1. The highest BCUT2D eigenvalue weighted by Gasteiger charge is 2.31. The van der Waals surface area contributed by atoms with Gasteiger partial charge in [0.2, 0.25) is 10.0 Å². The number of carbonyl (C=O) groups excluding carboxylic acids is 1. The summed E-state index contributed by atoms with van der Waals surface area (Å²) in [5, 5.41) is 3.24. The second kappa shape index (κ2) is 9.98. The van der Waals surface area contributed by atoms with E-state index in [4.69, 9.17) is 11.6 Å². The molecule has 1 atom stereocenters. The minimum absolute atomic E-state index is 0.0256. The lowest BCUT2D eigenvalue weighted by molar-refractivity contribution is 0.0907. The van der Waals surface area contributed by atoms with Crippen molar-refractivity contribution in [2.24, 2.45) is 11.8 Å². The maximum atomic E-state index is 13.1. The van der Waals surface area contributed by atoms with Gasteiger partial charge in [0.05, 0.1) is 5.02 Å². The lowest BCUT2D eigenvalue weighted by Gasteiger charge is -2.33. The standard InChI is InChI=1S/C22H34ClN3O3S/c1-16(2)14-25-11-8-19(9-12-25)24-22(27)18-6-7-20(23)21(13-18)30(28,29)26-10-4-5-17(3)15-26/h6-7,13,16-17,19H,4-5,8-12,14-15H2,1-3H3,(H,24,27). The van der Waals surface area contributed by atoms with E-state index in [0.717, 1.165) is 45.3 Å². The largest absolute Gasteiger partial charge is 0.349 e. The van der Waals surface area contributed by atoms with Gasteiger partial charge in [-0.05, 0) is 55.7 Å². The molecule has 0 radical (unpaired) electrons. The summed E-state index contributed by atoms with van der Waals surface area (Å²) >= 11 is 6.25. The predicted octanol–water partition coefficient (Wildman–Crippen LogP) is 3.61. The number of amides is 1. The Balaban J connectivity index is 1.68. The van der Waals surface area contributed by atoms with Gasteiger partial charge in [0.25, 0.3) is 5.91 Å². The summed E-state index contributed by atoms with van der Waals surface area (Å²) in [6.07, 6.45) is 3.68. The van der Waals surface area contributed by atoms with Crippen molar-refractivity contribution >= 4 is 27.5 Å². The molecule has 2 saturated heterocycles. The second-order valence-corrected chi connectivity index (χ2v) is 11.5. The van der Waals surface area contributed by atoms with Crippen LogP contribution in [0.3, 0.4) is 0 Å². The number of sulfonamides is 1. The van der Waals surface area contributed by atoms with Crippen LogP contribution < -0.4 is 5.32 Å². The fourth-order valence-corrected chi connectivity index (χ4v) is 6.49.